The lowest BCUT2D eigenvalue weighted by atomic mass is 10.0. The normalized spacial score (nSPS) is 13.5. The minimum Gasteiger partial charge on any atom is -0.307 e. The molecule has 1 atom stereocenters. The molecule has 0 saturated heterocycles. The fourth-order valence-corrected chi connectivity index (χ4v) is 2.64. The third-order valence-electron chi connectivity index (χ3n) is 2.94. The Labute approximate surface area is 115 Å². The lowest BCUT2D eigenvalue weighted by Crippen LogP contribution is -2.27. The van der Waals surface area contributed by atoms with Gasteiger partial charge in [0.15, 0.2) is 4.77 Å². The molecule has 0 aromatic carbocycles. The van der Waals surface area contributed by atoms with Gasteiger partial charge in [-0.3, -0.25) is 9.67 Å². The minimum absolute atomic E-state index is 0.410. The second-order valence-corrected chi connectivity index (χ2v) is 6.00. The average Bonchev–Trinajstić information content (AvgIpc) is 2.58. The first-order valence-corrected chi connectivity index (χ1v) is 7.17. The van der Waals surface area contributed by atoms with Gasteiger partial charge in [-0.1, -0.05) is 20.8 Å². The molecule has 0 aliphatic rings. The third-order valence-corrected chi connectivity index (χ3v) is 3.22. The van der Waals surface area contributed by atoms with Crippen molar-refractivity contribution in [3.8, 4) is 0 Å². The van der Waals surface area contributed by atoms with Crippen LogP contribution in [-0.4, -0.2) is 40.3 Å². The van der Waals surface area contributed by atoms with Gasteiger partial charge in [0.25, 0.3) is 0 Å². The molecule has 1 rings (SSSR count). The number of nitrogens with one attached hydrogen (secondary N) is 1. The highest BCUT2D eigenvalue weighted by atomic mass is 32.1. The van der Waals surface area contributed by atoms with E-state index in [9.17, 15) is 0 Å². The molecule has 0 aliphatic heterocycles. The maximum Gasteiger partial charge on any atom is 0.195 e. The van der Waals surface area contributed by atoms with Crippen LogP contribution in [0.5, 0.6) is 0 Å². The number of aromatic amines is 1. The highest BCUT2D eigenvalue weighted by molar-refractivity contribution is 7.71. The van der Waals surface area contributed by atoms with E-state index in [1.54, 1.807) is 0 Å². The first-order valence-electron chi connectivity index (χ1n) is 6.76. The van der Waals surface area contributed by atoms with Gasteiger partial charge in [-0.25, -0.2) is 0 Å². The van der Waals surface area contributed by atoms with Gasteiger partial charge in [-0.05, 0) is 45.1 Å². The summed E-state index contributed by atoms with van der Waals surface area (Å²) in [4.78, 5) is 2.22. The zero-order valence-electron chi connectivity index (χ0n) is 12.2. The van der Waals surface area contributed by atoms with E-state index in [-0.39, 0.29) is 0 Å². The molecule has 0 fully saturated rings. The van der Waals surface area contributed by atoms with Gasteiger partial charge in [0.2, 0.25) is 0 Å². The number of hydrogen-bond acceptors (Lipinski definition) is 3. The summed E-state index contributed by atoms with van der Waals surface area (Å²) in [6.07, 6.45) is 3.20. The van der Waals surface area contributed by atoms with Gasteiger partial charge >= 0.3 is 0 Å². The van der Waals surface area contributed by atoms with Gasteiger partial charge < -0.3 is 4.90 Å². The van der Waals surface area contributed by atoms with E-state index in [4.69, 9.17) is 12.2 Å². The summed E-state index contributed by atoms with van der Waals surface area (Å²) in [5.41, 5.74) is 0. The first-order chi connectivity index (χ1) is 8.45. The van der Waals surface area contributed by atoms with Crippen molar-refractivity contribution in [2.45, 2.75) is 46.1 Å². The highest BCUT2D eigenvalue weighted by Gasteiger charge is 2.18. The highest BCUT2D eigenvalue weighted by Crippen LogP contribution is 2.21. The first kappa shape index (κ1) is 15.4. The molecule has 1 aromatic rings. The van der Waals surface area contributed by atoms with Crippen LogP contribution in [-0.2, 0) is 6.42 Å². The molecule has 0 saturated carbocycles. The standard InChI is InChI=1S/C13H26N4S/c1-6-7-12-14-15-13(18)17(12)11(8-10(2)3)9-16(4)5/h10-11H,6-9H2,1-5H3,(H,15,18). The van der Waals surface area contributed by atoms with Crippen molar-refractivity contribution in [3.05, 3.63) is 10.6 Å². The Hall–Kier alpha value is -0.680. The Kier molecular flexibility index (Phi) is 6.02. The predicted molar refractivity (Wildman–Crippen MR) is 78.5 cm³/mol. The van der Waals surface area contributed by atoms with Crippen molar-refractivity contribution in [3.63, 3.8) is 0 Å². The summed E-state index contributed by atoms with van der Waals surface area (Å²) in [6.45, 7) is 7.69. The van der Waals surface area contributed by atoms with Crippen LogP contribution < -0.4 is 0 Å². The van der Waals surface area contributed by atoms with Crippen LogP contribution >= 0.6 is 12.2 Å². The molecule has 1 heterocycles. The lowest BCUT2D eigenvalue weighted by molar-refractivity contribution is 0.282. The van der Waals surface area contributed by atoms with Crippen molar-refractivity contribution in [2.24, 2.45) is 5.92 Å². The molecule has 0 bridgehead atoms. The van der Waals surface area contributed by atoms with E-state index in [0.29, 0.717) is 12.0 Å². The molecule has 0 spiro atoms. The summed E-state index contributed by atoms with van der Waals surface area (Å²) in [5.74, 6) is 1.75. The van der Waals surface area contributed by atoms with Gasteiger partial charge in [0.1, 0.15) is 5.82 Å². The summed E-state index contributed by atoms with van der Waals surface area (Å²) in [5, 5.41) is 7.31. The molecular formula is C13H26N4S. The maximum absolute atomic E-state index is 5.40. The molecule has 1 aromatic heterocycles. The molecule has 104 valence electrons. The van der Waals surface area contributed by atoms with Crippen molar-refractivity contribution in [2.75, 3.05) is 20.6 Å². The molecule has 18 heavy (non-hydrogen) atoms. The van der Waals surface area contributed by atoms with Gasteiger partial charge in [0, 0.05) is 13.0 Å². The summed E-state index contributed by atoms with van der Waals surface area (Å²) in [7, 11) is 4.22. The van der Waals surface area contributed by atoms with Gasteiger partial charge in [0.05, 0.1) is 6.04 Å². The molecule has 0 aliphatic carbocycles. The lowest BCUT2D eigenvalue weighted by Gasteiger charge is -2.25. The monoisotopic (exact) mass is 270 g/mol. The summed E-state index contributed by atoms with van der Waals surface area (Å²) >= 11 is 5.40. The molecule has 4 nitrogen and oxygen atoms in total. The summed E-state index contributed by atoms with van der Waals surface area (Å²) in [6, 6.07) is 0.410. The fourth-order valence-electron chi connectivity index (χ4n) is 2.34. The SMILES string of the molecule is CCCc1n[nH]c(=S)n1C(CC(C)C)CN(C)C. The molecule has 5 heteroatoms. The molecule has 0 amide bonds. The third kappa shape index (κ3) is 4.21. The Morgan fingerprint density at radius 3 is 2.56 bits per heavy atom. The van der Waals surface area contributed by atoms with Crippen LogP contribution in [0.25, 0.3) is 0 Å². The topological polar surface area (TPSA) is 36.9 Å². The Bertz CT molecular complexity index is 395. The predicted octanol–water partition coefficient (Wildman–Crippen LogP) is 3.04. The van der Waals surface area contributed by atoms with Crippen LogP contribution in [0.3, 0.4) is 0 Å². The minimum atomic E-state index is 0.410. The van der Waals surface area contributed by atoms with E-state index in [2.05, 4.69) is 54.5 Å². The average molecular weight is 270 g/mol. The number of aromatic nitrogens is 3. The quantitative estimate of drug-likeness (QED) is 0.774. The number of nitrogens with zero attached hydrogens (tertiary/aromatic N) is 3. The van der Waals surface area contributed by atoms with E-state index >= 15 is 0 Å². The Morgan fingerprint density at radius 2 is 2.06 bits per heavy atom. The molecule has 1 unspecified atom stereocenters. The van der Waals surface area contributed by atoms with E-state index in [0.717, 1.165) is 36.4 Å². The van der Waals surface area contributed by atoms with Crippen LogP contribution in [0.4, 0.5) is 0 Å². The largest absolute Gasteiger partial charge is 0.307 e. The van der Waals surface area contributed by atoms with Gasteiger partial charge in [-0.15, -0.1) is 0 Å². The zero-order chi connectivity index (χ0) is 13.7. The van der Waals surface area contributed by atoms with Crippen molar-refractivity contribution >= 4 is 12.2 Å². The van der Waals surface area contributed by atoms with E-state index in [1.165, 1.54) is 0 Å². The Balaban J connectivity index is 3.02. The van der Waals surface area contributed by atoms with E-state index in [1.807, 2.05) is 0 Å². The maximum atomic E-state index is 5.40. The number of H-pyrrole nitrogens is 1. The zero-order valence-corrected chi connectivity index (χ0v) is 13.0. The smallest absolute Gasteiger partial charge is 0.195 e. The molecular weight excluding hydrogens is 244 g/mol. The number of hydrogen-bond donors (Lipinski definition) is 1. The van der Waals surface area contributed by atoms with E-state index < -0.39 is 0 Å². The molecule has 1 N–H and O–H groups in total. The van der Waals surface area contributed by atoms with Crippen molar-refractivity contribution in [1.29, 1.82) is 0 Å². The van der Waals surface area contributed by atoms with Crippen LogP contribution in [0.15, 0.2) is 0 Å². The van der Waals surface area contributed by atoms with Crippen molar-refractivity contribution < 1.29 is 0 Å². The Morgan fingerprint density at radius 1 is 1.39 bits per heavy atom. The molecule has 0 radical (unpaired) electrons. The van der Waals surface area contributed by atoms with Gasteiger partial charge in [-0.2, -0.15) is 5.10 Å². The van der Waals surface area contributed by atoms with Crippen LogP contribution in [0.2, 0.25) is 0 Å². The fraction of sp³-hybridized carbons (Fsp3) is 0.846. The van der Waals surface area contributed by atoms with Crippen LogP contribution in [0, 0.1) is 10.7 Å². The van der Waals surface area contributed by atoms with Crippen molar-refractivity contribution in [1.82, 2.24) is 19.7 Å². The number of aryl methyl sites for hydroxylation is 1. The number of rotatable bonds is 7. The van der Waals surface area contributed by atoms with Crippen LogP contribution in [0.1, 0.15) is 45.5 Å². The second-order valence-electron chi connectivity index (χ2n) is 5.61. The second kappa shape index (κ2) is 7.04. The summed E-state index contributed by atoms with van der Waals surface area (Å²) < 4.78 is 2.98. The number of likely N-dealkylation sites (N-methyl/N-ethyl adjacent to an activating group) is 1.